The highest BCUT2D eigenvalue weighted by Gasteiger charge is 2.23. The molecule has 1 aliphatic heterocycles. The zero-order chi connectivity index (χ0) is 18.2. The van der Waals surface area contributed by atoms with Gasteiger partial charge in [0.25, 0.3) is 5.91 Å². The van der Waals surface area contributed by atoms with Gasteiger partial charge >= 0.3 is 6.03 Å². The summed E-state index contributed by atoms with van der Waals surface area (Å²) in [4.78, 5) is 30.2. The number of pyridine rings is 1. The minimum absolute atomic E-state index is 0.0297. The van der Waals surface area contributed by atoms with E-state index in [1.165, 1.54) is 5.56 Å². The van der Waals surface area contributed by atoms with Crippen LogP contribution in [-0.2, 0) is 6.42 Å². The first-order valence-corrected chi connectivity index (χ1v) is 9.00. The molecule has 3 amide bonds. The van der Waals surface area contributed by atoms with Crippen molar-refractivity contribution in [2.24, 2.45) is 0 Å². The van der Waals surface area contributed by atoms with Crippen LogP contribution in [-0.4, -0.2) is 47.5 Å². The summed E-state index contributed by atoms with van der Waals surface area (Å²) in [6, 6.07) is 13.7. The van der Waals surface area contributed by atoms with Crippen molar-refractivity contribution in [2.75, 3.05) is 19.6 Å². The lowest BCUT2D eigenvalue weighted by Crippen LogP contribution is -2.49. The summed E-state index contributed by atoms with van der Waals surface area (Å²) in [5.74, 6) is -0.108. The van der Waals surface area contributed by atoms with Gasteiger partial charge in [-0.1, -0.05) is 30.3 Å². The number of rotatable bonds is 5. The monoisotopic (exact) mass is 352 g/mol. The Balaban J connectivity index is 1.37. The Bertz CT molecular complexity index is 713. The first-order valence-electron chi connectivity index (χ1n) is 9.00. The zero-order valence-electron chi connectivity index (χ0n) is 14.7. The topological polar surface area (TPSA) is 74.3 Å². The van der Waals surface area contributed by atoms with Crippen molar-refractivity contribution in [1.29, 1.82) is 0 Å². The molecule has 2 N–H and O–H groups in total. The van der Waals surface area contributed by atoms with Crippen LogP contribution in [0.15, 0.2) is 54.9 Å². The molecule has 1 aromatic heterocycles. The highest BCUT2D eigenvalue weighted by molar-refractivity contribution is 5.94. The van der Waals surface area contributed by atoms with Gasteiger partial charge in [0.2, 0.25) is 0 Å². The average molecular weight is 352 g/mol. The van der Waals surface area contributed by atoms with Gasteiger partial charge in [-0.05, 0) is 37.0 Å². The molecule has 3 rings (SSSR count). The molecule has 6 heteroatoms. The maximum atomic E-state index is 12.3. The molecule has 0 unspecified atom stereocenters. The Kier molecular flexibility index (Phi) is 6.19. The third-order valence-corrected chi connectivity index (χ3v) is 4.57. The van der Waals surface area contributed by atoms with E-state index in [0.29, 0.717) is 25.2 Å². The SMILES string of the molecule is O=C(NC1CCN(C(=O)NCCc2ccccc2)CC1)c1cccnc1. The lowest BCUT2D eigenvalue weighted by Gasteiger charge is -2.32. The Morgan fingerprint density at radius 1 is 1.08 bits per heavy atom. The van der Waals surface area contributed by atoms with E-state index in [1.807, 2.05) is 23.1 Å². The molecule has 1 aliphatic rings. The minimum Gasteiger partial charge on any atom is -0.349 e. The number of likely N-dealkylation sites (tertiary alicyclic amines) is 1. The van der Waals surface area contributed by atoms with E-state index in [2.05, 4.69) is 27.8 Å². The Labute approximate surface area is 153 Å². The maximum Gasteiger partial charge on any atom is 0.317 e. The van der Waals surface area contributed by atoms with Gasteiger partial charge in [-0.2, -0.15) is 0 Å². The van der Waals surface area contributed by atoms with E-state index >= 15 is 0 Å². The molecule has 1 fully saturated rings. The second kappa shape index (κ2) is 8.99. The summed E-state index contributed by atoms with van der Waals surface area (Å²) in [6.07, 6.45) is 5.55. The number of carbonyl (C=O) groups is 2. The van der Waals surface area contributed by atoms with Gasteiger partial charge in [0.15, 0.2) is 0 Å². The van der Waals surface area contributed by atoms with Crippen molar-refractivity contribution >= 4 is 11.9 Å². The number of amides is 3. The maximum absolute atomic E-state index is 12.3. The van der Waals surface area contributed by atoms with Crippen LogP contribution in [0.1, 0.15) is 28.8 Å². The van der Waals surface area contributed by atoms with Crippen LogP contribution in [0.3, 0.4) is 0 Å². The van der Waals surface area contributed by atoms with Crippen LogP contribution in [0.4, 0.5) is 4.79 Å². The highest BCUT2D eigenvalue weighted by atomic mass is 16.2. The molecule has 136 valence electrons. The fraction of sp³-hybridized carbons (Fsp3) is 0.350. The lowest BCUT2D eigenvalue weighted by atomic mass is 10.0. The number of hydrogen-bond acceptors (Lipinski definition) is 3. The number of nitrogens with zero attached hydrogens (tertiary/aromatic N) is 2. The molecule has 0 saturated carbocycles. The van der Waals surface area contributed by atoms with E-state index in [4.69, 9.17) is 0 Å². The second-order valence-corrected chi connectivity index (χ2v) is 6.44. The van der Waals surface area contributed by atoms with Gasteiger partial charge in [-0.3, -0.25) is 9.78 Å². The van der Waals surface area contributed by atoms with Gasteiger partial charge in [0.05, 0.1) is 5.56 Å². The molecule has 6 nitrogen and oxygen atoms in total. The van der Waals surface area contributed by atoms with Gasteiger partial charge in [-0.15, -0.1) is 0 Å². The van der Waals surface area contributed by atoms with Crippen LogP contribution in [0, 0.1) is 0 Å². The quantitative estimate of drug-likeness (QED) is 0.867. The fourth-order valence-electron chi connectivity index (χ4n) is 3.06. The predicted molar refractivity (Wildman–Crippen MR) is 99.8 cm³/mol. The van der Waals surface area contributed by atoms with Crippen molar-refractivity contribution in [2.45, 2.75) is 25.3 Å². The smallest absolute Gasteiger partial charge is 0.317 e. The first kappa shape index (κ1) is 17.9. The van der Waals surface area contributed by atoms with Crippen molar-refractivity contribution < 1.29 is 9.59 Å². The normalized spacial score (nSPS) is 14.7. The van der Waals surface area contributed by atoms with Crippen LogP contribution >= 0.6 is 0 Å². The van der Waals surface area contributed by atoms with E-state index < -0.39 is 0 Å². The molecule has 2 heterocycles. The van der Waals surface area contributed by atoms with Crippen molar-refractivity contribution in [1.82, 2.24) is 20.5 Å². The van der Waals surface area contributed by atoms with Gasteiger partial charge in [0, 0.05) is 38.1 Å². The van der Waals surface area contributed by atoms with E-state index in [-0.39, 0.29) is 18.0 Å². The molecule has 0 spiro atoms. The molecule has 0 radical (unpaired) electrons. The highest BCUT2D eigenvalue weighted by Crippen LogP contribution is 2.11. The molecule has 2 aromatic rings. The largest absolute Gasteiger partial charge is 0.349 e. The molecule has 1 saturated heterocycles. The standard InChI is InChI=1S/C20H24N4O2/c25-19(17-7-4-11-21-15-17)23-18-9-13-24(14-10-18)20(26)22-12-8-16-5-2-1-3-6-16/h1-7,11,15,18H,8-10,12-14H2,(H,22,26)(H,23,25). The van der Waals surface area contributed by atoms with Crippen molar-refractivity contribution in [3.63, 3.8) is 0 Å². The molecule has 0 aliphatic carbocycles. The first-order chi connectivity index (χ1) is 12.7. The summed E-state index contributed by atoms with van der Waals surface area (Å²) in [5.41, 5.74) is 1.78. The van der Waals surface area contributed by atoms with Crippen LogP contribution in [0.5, 0.6) is 0 Å². The second-order valence-electron chi connectivity index (χ2n) is 6.44. The van der Waals surface area contributed by atoms with E-state index in [9.17, 15) is 9.59 Å². The number of piperidine rings is 1. The number of benzene rings is 1. The van der Waals surface area contributed by atoms with Gasteiger partial charge in [-0.25, -0.2) is 4.79 Å². The molecule has 26 heavy (non-hydrogen) atoms. The van der Waals surface area contributed by atoms with Crippen LogP contribution in [0.25, 0.3) is 0 Å². The van der Waals surface area contributed by atoms with Crippen molar-refractivity contribution in [3.8, 4) is 0 Å². The zero-order valence-corrected chi connectivity index (χ0v) is 14.7. The average Bonchev–Trinajstić information content (AvgIpc) is 2.70. The third kappa shape index (κ3) is 5.05. The molecule has 1 aromatic carbocycles. The fourth-order valence-corrected chi connectivity index (χ4v) is 3.06. The molecule has 0 bridgehead atoms. The molecule has 0 atom stereocenters. The number of carbonyl (C=O) groups excluding carboxylic acids is 2. The Morgan fingerprint density at radius 2 is 1.85 bits per heavy atom. The third-order valence-electron chi connectivity index (χ3n) is 4.57. The summed E-state index contributed by atoms with van der Waals surface area (Å²) < 4.78 is 0. The van der Waals surface area contributed by atoms with Crippen LogP contribution < -0.4 is 10.6 Å². The van der Waals surface area contributed by atoms with Crippen LogP contribution in [0.2, 0.25) is 0 Å². The summed E-state index contributed by atoms with van der Waals surface area (Å²) in [6.45, 7) is 1.92. The molecular weight excluding hydrogens is 328 g/mol. The minimum atomic E-state index is -0.108. The number of urea groups is 1. The van der Waals surface area contributed by atoms with E-state index in [1.54, 1.807) is 24.5 Å². The van der Waals surface area contributed by atoms with Gasteiger partial charge in [0.1, 0.15) is 0 Å². The predicted octanol–water partition coefficient (Wildman–Crippen LogP) is 2.23. The number of hydrogen-bond donors (Lipinski definition) is 2. The van der Waals surface area contributed by atoms with Gasteiger partial charge < -0.3 is 15.5 Å². The Hall–Kier alpha value is -2.89. The number of nitrogens with one attached hydrogen (secondary N) is 2. The van der Waals surface area contributed by atoms with Crippen molar-refractivity contribution in [3.05, 3.63) is 66.0 Å². The summed E-state index contributed by atoms with van der Waals surface area (Å²) >= 11 is 0. The Morgan fingerprint density at radius 3 is 2.54 bits per heavy atom. The summed E-state index contributed by atoms with van der Waals surface area (Å²) in [5, 5.41) is 6.00. The van der Waals surface area contributed by atoms with E-state index in [0.717, 1.165) is 19.3 Å². The summed E-state index contributed by atoms with van der Waals surface area (Å²) in [7, 11) is 0. The molecular formula is C20H24N4O2. The number of aromatic nitrogens is 1. The lowest BCUT2D eigenvalue weighted by molar-refractivity contribution is 0.0917.